The lowest BCUT2D eigenvalue weighted by Crippen LogP contribution is -2.39. The number of aliphatic hydroxyl groups is 1. The molecule has 2 heterocycles. The number of rotatable bonds is 1. The van der Waals surface area contributed by atoms with Crippen molar-refractivity contribution < 1.29 is 9.90 Å². The number of thiol groups is 1. The Bertz CT molecular complexity index is 356. The van der Waals surface area contributed by atoms with E-state index in [0.717, 1.165) is 9.77 Å². The van der Waals surface area contributed by atoms with Gasteiger partial charge in [0.1, 0.15) is 0 Å². The van der Waals surface area contributed by atoms with E-state index in [9.17, 15) is 9.90 Å². The van der Waals surface area contributed by atoms with E-state index in [0.29, 0.717) is 25.9 Å². The largest absolute Gasteiger partial charge is 0.393 e. The number of likely N-dealkylation sites (tertiary alicyclic amines) is 1. The molecule has 1 aromatic heterocycles. The Hall–Kier alpha value is -0.520. The molecule has 5 heteroatoms. The Balaban J connectivity index is 2.02. The molecule has 0 aliphatic carbocycles. The van der Waals surface area contributed by atoms with E-state index >= 15 is 0 Å². The van der Waals surface area contributed by atoms with Gasteiger partial charge in [-0.05, 0) is 18.9 Å². The van der Waals surface area contributed by atoms with Crippen molar-refractivity contribution in [2.24, 2.45) is 0 Å². The van der Waals surface area contributed by atoms with Crippen LogP contribution in [0.3, 0.4) is 0 Å². The van der Waals surface area contributed by atoms with Crippen LogP contribution < -0.4 is 0 Å². The molecule has 2 rings (SSSR count). The molecule has 3 nitrogen and oxygen atoms in total. The number of carbonyl (C=O) groups excluding carboxylic acids is 1. The second-order valence-electron chi connectivity index (χ2n) is 3.69. The van der Waals surface area contributed by atoms with Crippen LogP contribution >= 0.6 is 24.0 Å². The summed E-state index contributed by atoms with van der Waals surface area (Å²) in [4.78, 5) is 15.3. The van der Waals surface area contributed by atoms with Gasteiger partial charge in [0.2, 0.25) is 0 Å². The molecular formula is C10H13NO2S2. The van der Waals surface area contributed by atoms with Gasteiger partial charge in [-0.2, -0.15) is 0 Å². The summed E-state index contributed by atoms with van der Waals surface area (Å²) in [6.07, 6.45) is 1.13. The standard InChI is InChI=1S/C10H13NO2S2/c12-7-1-3-11(4-2-7)10(13)9-5-8(14)6-15-9/h5-7,12,14H,1-4H2. The van der Waals surface area contributed by atoms with Crippen molar-refractivity contribution in [1.29, 1.82) is 0 Å². The zero-order valence-electron chi connectivity index (χ0n) is 8.22. The number of amides is 1. The molecule has 0 bridgehead atoms. The Morgan fingerprint density at radius 1 is 1.53 bits per heavy atom. The van der Waals surface area contributed by atoms with Gasteiger partial charge in [0, 0.05) is 23.4 Å². The van der Waals surface area contributed by atoms with E-state index in [1.54, 1.807) is 11.0 Å². The molecule has 1 N–H and O–H groups in total. The first-order valence-electron chi connectivity index (χ1n) is 4.91. The van der Waals surface area contributed by atoms with Crippen LogP contribution in [0.4, 0.5) is 0 Å². The van der Waals surface area contributed by atoms with Crippen molar-refractivity contribution in [2.75, 3.05) is 13.1 Å². The van der Waals surface area contributed by atoms with E-state index in [1.807, 2.05) is 5.38 Å². The fourth-order valence-electron chi connectivity index (χ4n) is 1.66. The third-order valence-electron chi connectivity index (χ3n) is 2.55. The zero-order valence-corrected chi connectivity index (χ0v) is 9.93. The van der Waals surface area contributed by atoms with E-state index in [2.05, 4.69) is 12.6 Å². The molecule has 1 saturated heterocycles. The third-order valence-corrected chi connectivity index (χ3v) is 3.90. The highest BCUT2D eigenvalue weighted by Crippen LogP contribution is 2.21. The molecule has 1 aromatic rings. The fraction of sp³-hybridized carbons (Fsp3) is 0.500. The van der Waals surface area contributed by atoms with Gasteiger partial charge in [0.25, 0.3) is 5.91 Å². The molecule has 1 aliphatic heterocycles. The van der Waals surface area contributed by atoms with Gasteiger partial charge >= 0.3 is 0 Å². The van der Waals surface area contributed by atoms with Crippen molar-refractivity contribution in [3.8, 4) is 0 Å². The minimum Gasteiger partial charge on any atom is -0.393 e. The fourth-order valence-corrected chi connectivity index (χ4v) is 2.78. The van der Waals surface area contributed by atoms with Gasteiger partial charge in [-0.15, -0.1) is 24.0 Å². The number of hydrogen-bond donors (Lipinski definition) is 2. The summed E-state index contributed by atoms with van der Waals surface area (Å²) in [5, 5.41) is 11.2. The normalized spacial score (nSPS) is 18.1. The number of aliphatic hydroxyl groups excluding tert-OH is 1. The van der Waals surface area contributed by atoms with Gasteiger partial charge in [-0.3, -0.25) is 4.79 Å². The summed E-state index contributed by atoms with van der Waals surface area (Å²) in [7, 11) is 0. The predicted molar refractivity (Wildman–Crippen MR) is 62.7 cm³/mol. The monoisotopic (exact) mass is 243 g/mol. The highest BCUT2D eigenvalue weighted by Gasteiger charge is 2.22. The topological polar surface area (TPSA) is 40.5 Å². The third kappa shape index (κ3) is 2.53. The van der Waals surface area contributed by atoms with Gasteiger partial charge in [-0.25, -0.2) is 0 Å². The Morgan fingerprint density at radius 3 is 2.73 bits per heavy atom. The van der Waals surface area contributed by atoms with Crippen LogP contribution in [0.2, 0.25) is 0 Å². The molecule has 1 fully saturated rings. The number of piperidine rings is 1. The maximum atomic E-state index is 11.9. The average Bonchev–Trinajstić information content (AvgIpc) is 2.65. The second-order valence-corrected chi connectivity index (χ2v) is 5.12. The molecule has 82 valence electrons. The smallest absolute Gasteiger partial charge is 0.263 e. The minimum absolute atomic E-state index is 0.0622. The quantitative estimate of drug-likeness (QED) is 0.736. The summed E-state index contributed by atoms with van der Waals surface area (Å²) in [6, 6.07) is 1.79. The predicted octanol–water partition coefficient (Wildman–Crippen LogP) is 1.63. The summed E-state index contributed by atoms with van der Waals surface area (Å²) < 4.78 is 0. The van der Waals surface area contributed by atoms with Crippen LogP contribution in [0.15, 0.2) is 16.3 Å². The van der Waals surface area contributed by atoms with Gasteiger partial charge in [0.05, 0.1) is 11.0 Å². The molecule has 0 saturated carbocycles. The van der Waals surface area contributed by atoms with Gasteiger partial charge in [0.15, 0.2) is 0 Å². The highest BCUT2D eigenvalue weighted by atomic mass is 32.1. The van der Waals surface area contributed by atoms with E-state index in [-0.39, 0.29) is 12.0 Å². The van der Waals surface area contributed by atoms with Crippen molar-refractivity contribution in [2.45, 2.75) is 23.8 Å². The second kappa shape index (κ2) is 4.55. The SMILES string of the molecule is O=C(c1cc(S)cs1)N1CCC(O)CC1. The van der Waals surface area contributed by atoms with Crippen LogP contribution in [-0.4, -0.2) is 35.1 Å². The number of nitrogens with zero attached hydrogens (tertiary/aromatic N) is 1. The lowest BCUT2D eigenvalue weighted by Gasteiger charge is -2.29. The molecular weight excluding hydrogens is 230 g/mol. The molecule has 0 aromatic carbocycles. The van der Waals surface area contributed by atoms with Crippen LogP contribution in [-0.2, 0) is 0 Å². The van der Waals surface area contributed by atoms with Crippen LogP contribution in [0, 0.1) is 0 Å². The van der Waals surface area contributed by atoms with Crippen molar-refractivity contribution in [1.82, 2.24) is 4.90 Å². The highest BCUT2D eigenvalue weighted by molar-refractivity contribution is 7.80. The zero-order chi connectivity index (χ0) is 10.8. The van der Waals surface area contributed by atoms with Crippen molar-refractivity contribution in [3.05, 3.63) is 16.3 Å². The number of carbonyl (C=O) groups is 1. The maximum absolute atomic E-state index is 11.9. The van der Waals surface area contributed by atoms with Gasteiger partial charge in [-0.1, -0.05) is 0 Å². The molecule has 1 aliphatic rings. The maximum Gasteiger partial charge on any atom is 0.263 e. The lowest BCUT2D eigenvalue weighted by atomic mass is 10.1. The van der Waals surface area contributed by atoms with Crippen molar-refractivity contribution >= 4 is 29.9 Å². The van der Waals surface area contributed by atoms with Gasteiger partial charge < -0.3 is 10.0 Å². The molecule has 0 spiro atoms. The summed E-state index contributed by atoms with van der Waals surface area (Å²) in [6.45, 7) is 1.31. The molecule has 0 atom stereocenters. The lowest BCUT2D eigenvalue weighted by molar-refractivity contribution is 0.0550. The van der Waals surface area contributed by atoms with Crippen LogP contribution in [0.5, 0.6) is 0 Å². The van der Waals surface area contributed by atoms with Crippen molar-refractivity contribution in [3.63, 3.8) is 0 Å². The molecule has 0 radical (unpaired) electrons. The molecule has 1 amide bonds. The first-order chi connectivity index (χ1) is 7.16. The number of thiophene rings is 1. The summed E-state index contributed by atoms with van der Waals surface area (Å²) in [5.74, 6) is 0.0622. The summed E-state index contributed by atoms with van der Waals surface area (Å²) in [5.41, 5.74) is 0. The number of hydrogen-bond acceptors (Lipinski definition) is 4. The molecule has 15 heavy (non-hydrogen) atoms. The molecule has 0 unspecified atom stereocenters. The Labute approximate surface area is 98.1 Å². The first-order valence-corrected chi connectivity index (χ1v) is 6.24. The van der Waals surface area contributed by atoms with E-state index < -0.39 is 0 Å². The van der Waals surface area contributed by atoms with Crippen LogP contribution in [0.25, 0.3) is 0 Å². The van der Waals surface area contributed by atoms with E-state index in [1.165, 1.54) is 11.3 Å². The van der Waals surface area contributed by atoms with Crippen LogP contribution in [0.1, 0.15) is 22.5 Å². The average molecular weight is 243 g/mol. The Kier molecular flexibility index (Phi) is 3.33. The first kappa shape index (κ1) is 11.0. The minimum atomic E-state index is -0.238. The van der Waals surface area contributed by atoms with E-state index in [4.69, 9.17) is 0 Å². The Morgan fingerprint density at radius 2 is 2.20 bits per heavy atom. The summed E-state index contributed by atoms with van der Waals surface area (Å²) >= 11 is 5.60.